The van der Waals surface area contributed by atoms with Crippen molar-refractivity contribution in [2.24, 2.45) is 0 Å². The van der Waals surface area contributed by atoms with Crippen LogP contribution in [0.2, 0.25) is 0 Å². The lowest BCUT2D eigenvalue weighted by Gasteiger charge is -2.20. The van der Waals surface area contributed by atoms with Crippen LogP contribution in [0.4, 0.5) is 4.39 Å². The number of halogens is 1. The predicted octanol–water partition coefficient (Wildman–Crippen LogP) is 5.31. The molecule has 0 fully saturated rings. The van der Waals surface area contributed by atoms with Gasteiger partial charge in [-0.2, -0.15) is 0 Å². The second kappa shape index (κ2) is 9.36. The average molecular weight is 485 g/mol. The third-order valence-electron chi connectivity index (χ3n) is 5.89. The normalized spacial score (nSPS) is 14.6. The Hall–Kier alpha value is -2.56. The van der Waals surface area contributed by atoms with Crippen molar-refractivity contribution in [3.8, 4) is 16.5 Å². The number of aromatic nitrogens is 5. The van der Waals surface area contributed by atoms with E-state index in [4.69, 9.17) is 4.42 Å². The van der Waals surface area contributed by atoms with E-state index in [0.29, 0.717) is 22.7 Å². The molecule has 0 unspecified atom stereocenters. The van der Waals surface area contributed by atoms with Crippen molar-refractivity contribution in [1.82, 2.24) is 29.9 Å². The highest BCUT2D eigenvalue weighted by Gasteiger charge is 2.22. The summed E-state index contributed by atoms with van der Waals surface area (Å²) in [7, 11) is 3.98. The van der Waals surface area contributed by atoms with Crippen LogP contribution in [0.3, 0.4) is 0 Å². The van der Waals surface area contributed by atoms with Gasteiger partial charge in [0, 0.05) is 10.6 Å². The third kappa shape index (κ3) is 4.60. The molecular weight excluding hydrogens is 459 g/mol. The zero-order chi connectivity index (χ0) is 22.9. The SMILES string of the molecule is C[C@H](c1nnc(SCc2nnc(-c3cc4c(s3)CCCC4)o2)n1-c1ccc(F)cc1)N(C)C. The molecular formula is C23H25FN6OS2. The molecule has 10 heteroatoms. The van der Waals surface area contributed by atoms with E-state index in [0.717, 1.165) is 29.2 Å². The van der Waals surface area contributed by atoms with Crippen LogP contribution < -0.4 is 0 Å². The molecule has 0 amide bonds. The summed E-state index contributed by atoms with van der Waals surface area (Å²) in [6.45, 7) is 2.06. The minimum Gasteiger partial charge on any atom is -0.419 e. The summed E-state index contributed by atoms with van der Waals surface area (Å²) in [5.74, 6) is 2.08. The Morgan fingerprint density at radius 2 is 1.91 bits per heavy atom. The minimum absolute atomic E-state index is 0.0248. The second-order valence-electron chi connectivity index (χ2n) is 8.35. The summed E-state index contributed by atoms with van der Waals surface area (Å²) < 4.78 is 21.5. The average Bonchev–Trinajstić information content (AvgIpc) is 3.55. The van der Waals surface area contributed by atoms with Crippen molar-refractivity contribution in [3.05, 3.63) is 58.3 Å². The van der Waals surface area contributed by atoms with Crippen molar-refractivity contribution in [2.45, 2.75) is 49.6 Å². The van der Waals surface area contributed by atoms with Gasteiger partial charge in [-0.1, -0.05) is 11.8 Å². The molecule has 3 aromatic heterocycles. The predicted molar refractivity (Wildman–Crippen MR) is 127 cm³/mol. The van der Waals surface area contributed by atoms with Gasteiger partial charge < -0.3 is 4.42 Å². The van der Waals surface area contributed by atoms with Crippen LogP contribution >= 0.6 is 23.1 Å². The quantitative estimate of drug-likeness (QED) is 0.329. The second-order valence-corrected chi connectivity index (χ2v) is 10.4. The fourth-order valence-electron chi connectivity index (χ4n) is 3.84. The molecule has 172 valence electrons. The maximum absolute atomic E-state index is 13.5. The molecule has 5 rings (SSSR count). The molecule has 7 nitrogen and oxygen atoms in total. The molecule has 3 heterocycles. The Labute approximate surface area is 200 Å². The fourth-order valence-corrected chi connectivity index (χ4v) is 5.81. The molecule has 1 aromatic carbocycles. The number of thiophene rings is 1. The maximum Gasteiger partial charge on any atom is 0.257 e. The van der Waals surface area contributed by atoms with Gasteiger partial charge in [0.05, 0.1) is 16.7 Å². The first-order valence-corrected chi connectivity index (χ1v) is 12.7. The van der Waals surface area contributed by atoms with E-state index in [-0.39, 0.29) is 11.9 Å². The molecule has 33 heavy (non-hydrogen) atoms. The molecule has 0 aliphatic heterocycles. The summed E-state index contributed by atoms with van der Waals surface area (Å²) in [4.78, 5) is 4.55. The highest BCUT2D eigenvalue weighted by atomic mass is 32.2. The van der Waals surface area contributed by atoms with Crippen molar-refractivity contribution in [3.63, 3.8) is 0 Å². The Balaban J connectivity index is 1.38. The van der Waals surface area contributed by atoms with Crippen molar-refractivity contribution >= 4 is 23.1 Å². The van der Waals surface area contributed by atoms with Crippen LogP contribution in [0, 0.1) is 5.82 Å². The van der Waals surface area contributed by atoms with Gasteiger partial charge in [0.15, 0.2) is 11.0 Å². The number of benzene rings is 1. The number of nitrogens with zero attached hydrogens (tertiary/aromatic N) is 6. The lowest BCUT2D eigenvalue weighted by atomic mass is 9.99. The van der Waals surface area contributed by atoms with E-state index in [9.17, 15) is 4.39 Å². The molecule has 1 aliphatic rings. The number of hydrogen-bond acceptors (Lipinski definition) is 8. The fraction of sp³-hybridized carbons (Fsp3) is 0.391. The topological polar surface area (TPSA) is 72.9 Å². The van der Waals surface area contributed by atoms with E-state index < -0.39 is 0 Å². The first kappa shape index (κ1) is 22.2. The van der Waals surface area contributed by atoms with Crippen LogP contribution in [0.25, 0.3) is 16.5 Å². The van der Waals surface area contributed by atoms with Crippen LogP contribution in [0.1, 0.15) is 48.0 Å². The highest BCUT2D eigenvalue weighted by Crippen LogP contribution is 2.36. The molecule has 4 aromatic rings. The van der Waals surface area contributed by atoms with Gasteiger partial charge in [-0.05, 0) is 82.6 Å². The Bertz CT molecular complexity index is 1220. The highest BCUT2D eigenvalue weighted by molar-refractivity contribution is 7.98. The molecule has 0 bridgehead atoms. The number of rotatable bonds is 7. The van der Waals surface area contributed by atoms with E-state index in [2.05, 4.69) is 38.3 Å². The number of hydrogen-bond donors (Lipinski definition) is 0. The van der Waals surface area contributed by atoms with Gasteiger partial charge in [0.1, 0.15) is 5.82 Å². The zero-order valence-corrected chi connectivity index (χ0v) is 20.4. The molecule has 0 saturated heterocycles. The molecule has 0 spiro atoms. The lowest BCUT2D eigenvalue weighted by molar-refractivity contribution is 0.305. The maximum atomic E-state index is 13.5. The van der Waals surface area contributed by atoms with Crippen LogP contribution in [-0.4, -0.2) is 44.0 Å². The van der Waals surface area contributed by atoms with Crippen LogP contribution in [-0.2, 0) is 18.6 Å². The first-order chi connectivity index (χ1) is 16.0. The molecule has 1 atom stereocenters. The van der Waals surface area contributed by atoms with E-state index in [1.54, 1.807) is 23.5 Å². The van der Waals surface area contributed by atoms with Gasteiger partial charge in [0.2, 0.25) is 5.89 Å². The van der Waals surface area contributed by atoms with Crippen molar-refractivity contribution in [2.75, 3.05) is 14.1 Å². The minimum atomic E-state index is -0.281. The van der Waals surface area contributed by atoms with Crippen molar-refractivity contribution in [1.29, 1.82) is 0 Å². The van der Waals surface area contributed by atoms with Gasteiger partial charge in [-0.3, -0.25) is 9.47 Å². The number of thioether (sulfide) groups is 1. The summed E-state index contributed by atoms with van der Waals surface area (Å²) in [5, 5.41) is 18.1. The van der Waals surface area contributed by atoms with Crippen LogP contribution in [0.15, 0.2) is 39.9 Å². The molecule has 0 radical (unpaired) electrons. The summed E-state index contributed by atoms with van der Waals surface area (Å²) >= 11 is 3.23. The van der Waals surface area contributed by atoms with Gasteiger partial charge in [-0.15, -0.1) is 31.7 Å². The smallest absolute Gasteiger partial charge is 0.257 e. The Kier molecular flexibility index (Phi) is 6.31. The van der Waals surface area contributed by atoms with Gasteiger partial charge >= 0.3 is 0 Å². The van der Waals surface area contributed by atoms with Gasteiger partial charge in [-0.25, -0.2) is 4.39 Å². The number of aryl methyl sites for hydroxylation is 2. The third-order valence-corrected chi connectivity index (χ3v) is 8.03. The first-order valence-electron chi connectivity index (χ1n) is 10.9. The zero-order valence-electron chi connectivity index (χ0n) is 18.8. The van der Waals surface area contributed by atoms with E-state index in [1.165, 1.54) is 47.2 Å². The lowest BCUT2D eigenvalue weighted by Crippen LogP contribution is -2.20. The monoisotopic (exact) mass is 484 g/mol. The Morgan fingerprint density at radius 3 is 2.67 bits per heavy atom. The largest absolute Gasteiger partial charge is 0.419 e. The molecule has 0 N–H and O–H groups in total. The van der Waals surface area contributed by atoms with E-state index in [1.807, 2.05) is 18.7 Å². The standard InChI is InChI=1S/C23H25FN6OS2/c1-14(29(2)3)21-26-28-23(30(21)17-10-8-16(24)9-11-17)32-13-20-25-27-22(31-20)19-12-15-6-4-5-7-18(15)33-19/h8-12,14H,4-7,13H2,1-3H3/t14-/m1/s1. The Morgan fingerprint density at radius 1 is 1.12 bits per heavy atom. The van der Waals surface area contributed by atoms with Gasteiger partial charge in [0.25, 0.3) is 5.89 Å². The summed E-state index contributed by atoms with van der Waals surface area (Å²) in [5.41, 5.74) is 2.23. The molecule has 1 aliphatic carbocycles. The van der Waals surface area contributed by atoms with E-state index >= 15 is 0 Å². The summed E-state index contributed by atoms with van der Waals surface area (Å²) in [6, 6.07) is 8.58. The van der Waals surface area contributed by atoms with Crippen LogP contribution in [0.5, 0.6) is 0 Å². The number of fused-ring (bicyclic) bond motifs is 1. The molecule has 0 saturated carbocycles. The summed E-state index contributed by atoms with van der Waals surface area (Å²) in [6.07, 6.45) is 4.78. The van der Waals surface area contributed by atoms with Crippen molar-refractivity contribution < 1.29 is 8.81 Å².